The van der Waals surface area contributed by atoms with Crippen LogP contribution in [-0.2, 0) is 20.7 Å². The fourth-order valence-electron chi connectivity index (χ4n) is 1.83. The third-order valence-corrected chi connectivity index (χ3v) is 2.83. The molecule has 2 amide bonds. The number of rotatable bonds is 3. The maximum atomic E-state index is 12.7. The van der Waals surface area contributed by atoms with Gasteiger partial charge in [-0.05, 0) is 30.5 Å². The van der Waals surface area contributed by atoms with Crippen molar-refractivity contribution in [2.75, 3.05) is 6.61 Å². The van der Waals surface area contributed by atoms with Crippen molar-refractivity contribution in [3.05, 3.63) is 35.6 Å². The van der Waals surface area contributed by atoms with Crippen molar-refractivity contribution in [1.82, 2.24) is 10.9 Å². The minimum atomic E-state index is -0.480. The first-order chi connectivity index (χ1) is 9.15. The Bertz CT molecular complexity index is 455. The molecule has 6 heteroatoms. The highest BCUT2D eigenvalue weighted by Gasteiger charge is 2.23. The summed E-state index contributed by atoms with van der Waals surface area (Å²) in [4.78, 5) is 23.1. The molecule has 1 aliphatic heterocycles. The third kappa shape index (κ3) is 4.03. The van der Waals surface area contributed by atoms with Crippen LogP contribution in [0, 0.1) is 5.82 Å². The first kappa shape index (κ1) is 13.5. The molecule has 0 aliphatic carbocycles. The van der Waals surface area contributed by atoms with E-state index in [0.717, 1.165) is 6.42 Å². The van der Waals surface area contributed by atoms with Gasteiger partial charge in [0, 0.05) is 6.61 Å². The van der Waals surface area contributed by atoms with Gasteiger partial charge in [0.2, 0.25) is 5.91 Å². The predicted molar refractivity (Wildman–Crippen MR) is 65.4 cm³/mol. The highest BCUT2D eigenvalue weighted by molar-refractivity contribution is 5.85. The molecule has 1 atom stereocenters. The molecule has 1 aromatic carbocycles. The standard InChI is InChI=1S/C13H15FN2O3/c14-10-5-3-9(4-6-10)8-12(17)15-16-13(18)11-2-1-7-19-11/h3-6,11H,1-2,7-8H2,(H,15,17)(H,16,18). The Morgan fingerprint density at radius 1 is 1.26 bits per heavy atom. The zero-order valence-corrected chi connectivity index (χ0v) is 10.3. The summed E-state index contributed by atoms with van der Waals surface area (Å²) in [6, 6.07) is 5.62. The molecule has 0 aromatic heterocycles. The van der Waals surface area contributed by atoms with E-state index >= 15 is 0 Å². The Labute approximate surface area is 110 Å². The number of halogens is 1. The quantitative estimate of drug-likeness (QED) is 0.791. The first-order valence-corrected chi connectivity index (χ1v) is 6.10. The van der Waals surface area contributed by atoms with Crippen LogP contribution in [0.15, 0.2) is 24.3 Å². The lowest BCUT2D eigenvalue weighted by Crippen LogP contribution is -2.46. The Morgan fingerprint density at radius 3 is 2.63 bits per heavy atom. The van der Waals surface area contributed by atoms with E-state index in [9.17, 15) is 14.0 Å². The van der Waals surface area contributed by atoms with Gasteiger partial charge in [-0.1, -0.05) is 12.1 Å². The zero-order valence-electron chi connectivity index (χ0n) is 10.3. The smallest absolute Gasteiger partial charge is 0.267 e. The van der Waals surface area contributed by atoms with Gasteiger partial charge in [0.05, 0.1) is 6.42 Å². The average Bonchev–Trinajstić information content (AvgIpc) is 2.93. The second kappa shape index (κ2) is 6.29. The summed E-state index contributed by atoms with van der Waals surface area (Å²) in [5, 5.41) is 0. The lowest BCUT2D eigenvalue weighted by molar-refractivity contribution is -0.134. The SMILES string of the molecule is O=C(Cc1ccc(F)cc1)NNC(=O)C1CCCO1. The normalized spacial score (nSPS) is 18.1. The zero-order chi connectivity index (χ0) is 13.7. The second-order valence-corrected chi connectivity index (χ2v) is 4.34. The predicted octanol–water partition coefficient (Wildman–Crippen LogP) is 0.695. The van der Waals surface area contributed by atoms with Crippen molar-refractivity contribution in [3.8, 4) is 0 Å². The van der Waals surface area contributed by atoms with E-state index in [2.05, 4.69) is 10.9 Å². The topological polar surface area (TPSA) is 67.4 Å². The Balaban J connectivity index is 1.75. The monoisotopic (exact) mass is 266 g/mol. The molecule has 1 fully saturated rings. The fourth-order valence-corrected chi connectivity index (χ4v) is 1.83. The van der Waals surface area contributed by atoms with Gasteiger partial charge in [0.1, 0.15) is 11.9 Å². The Morgan fingerprint density at radius 2 is 2.00 bits per heavy atom. The van der Waals surface area contributed by atoms with Gasteiger partial charge < -0.3 is 4.74 Å². The number of hydrogen-bond donors (Lipinski definition) is 2. The van der Waals surface area contributed by atoms with E-state index in [-0.39, 0.29) is 24.1 Å². The molecule has 1 aromatic rings. The maximum Gasteiger partial charge on any atom is 0.267 e. The van der Waals surface area contributed by atoms with Crippen molar-refractivity contribution < 1.29 is 18.7 Å². The molecular formula is C13H15FN2O3. The highest BCUT2D eigenvalue weighted by Crippen LogP contribution is 2.11. The van der Waals surface area contributed by atoms with Crippen LogP contribution in [0.3, 0.4) is 0 Å². The fraction of sp³-hybridized carbons (Fsp3) is 0.385. The maximum absolute atomic E-state index is 12.7. The molecule has 19 heavy (non-hydrogen) atoms. The van der Waals surface area contributed by atoms with Crippen molar-refractivity contribution in [3.63, 3.8) is 0 Å². The van der Waals surface area contributed by atoms with Crippen LogP contribution in [0.2, 0.25) is 0 Å². The number of nitrogens with one attached hydrogen (secondary N) is 2. The number of carbonyl (C=O) groups is 2. The average molecular weight is 266 g/mol. The summed E-state index contributed by atoms with van der Waals surface area (Å²) in [5.41, 5.74) is 5.30. The van der Waals surface area contributed by atoms with Gasteiger partial charge in [-0.15, -0.1) is 0 Å². The minimum absolute atomic E-state index is 0.0755. The number of carbonyl (C=O) groups excluding carboxylic acids is 2. The van der Waals surface area contributed by atoms with Crippen LogP contribution in [0.1, 0.15) is 18.4 Å². The summed E-state index contributed by atoms with van der Waals surface area (Å²) in [5.74, 6) is -1.06. The molecule has 5 nitrogen and oxygen atoms in total. The summed E-state index contributed by atoms with van der Waals surface area (Å²) in [7, 11) is 0. The minimum Gasteiger partial charge on any atom is -0.368 e. The molecule has 1 heterocycles. The van der Waals surface area contributed by atoms with Crippen molar-refractivity contribution in [2.24, 2.45) is 0 Å². The molecule has 1 aliphatic rings. The summed E-state index contributed by atoms with van der Waals surface area (Å²) in [6.07, 6.45) is 1.11. The molecule has 0 spiro atoms. The molecule has 0 bridgehead atoms. The lowest BCUT2D eigenvalue weighted by atomic mass is 10.1. The molecular weight excluding hydrogens is 251 g/mol. The van der Waals surface area contributed by atoms with Crippen LogP contribution in [0.5, 0.6) is 0 Å². The van der Waals surface area contributed by atoms with E-state index < -0.39 is 6.10 Å². The molecule has 2 rings (SSSR count). The summed E-state index contributed by atoms with van der Waals surface area (Å²) in [6.45, 7) is 0.571. The highest BCUT2D eigenvalue weighted by atomic mass is 19.1. The van der Waals surface area contributed by atoms with E-state index in [1.165, 1.54) is 24.3 Å². The number of ether oxygens (including phenoxy) is 1. The van der Waals surface area contributed by atoms with E-state index in [0.29, 0.717) is 18.6 Å². The Kier molecular flexibility index (Phi) is 4.46. The van der Waals surface area contributed by atoms with E-state index in [1.807, 2.05) is 0 Å². The van der Waals surface area contributed by atoms with Crippen molar-refractivity contribution >= 4 is 11.8 Å². The van der Waals surface area contributed by atoms with Gasteiger partial charge in [-0.25, -0.2) is 4.39 Å². The number of benzene rings is 1. The van der Waals surface area contributed by atoms with Crippen LogP contribution >= 0.6 is 0 Å². The molecule has 102 valence electrons. The summed E-state index contributed by atoms with van der Waals surface area (Å²) < 4.78 is 17.9. The van der Waals surface area contributed by atoms with Crippen molar-refractivity contribution in [1.29, 1.82) is 0 Å². The van der Waals surface area contributed by atoms with Crippen LogP contribution < -0.4 is 10.9 Å². The number of hydrogen-bond acceptors (Lipinski definition) is 3. The van der Waals surface area contributed by atoms with Crippen LogP contribution in [0.4, 0.5) is 4.39 Å². The van der Waals surface area contributed by atoms with Gasteiger partial charge in [0.15, 0.2) is 0 Å². The van der Waals surface area contributed by atoms with Gasteiger partial charge in [0.25, 0.3) is 5.91 Å². The summed E-state index contributed by atoms with van der Waals surface area (Å²) >= 11 is 0. The largest absolute Gasteiger partial charge is 0.368 e. The molecule has 1 saturated heterocycles. The molecule has 1 unspecified atom stereocenters. The second-order valence-electron chi connectivity index (χ2n) is 4.34. The number of hydrazine groups is 1. The van der Waals surface area contributed by atoms with E-state index in [1.54, 1.807) is 0 Å². The van der Waals surface area contributed by atoms with Gasteiger partial charge >= 0.3 is 0 Å². The lowest BCUT2D eigenvalue weighted by Gasteiger charge is -2.11. The van der Waals surface area contributed by atoms with Crippen molar-refractivity contribution in [2.45, 2.75) is 25.4 Å². The first-order valence-electron chi connectivity index (χ1n) is 6.10. The number of amides is 2. The third-order valence-electron chi connectivity index (χ3n) is 2.83. The van der Waals surface area contributed by atoms with E-state index in [4.69, 9.17) is 4.74 Å². The van der Waals surface area contributed by atoms with Gasteiger partial charge in [-0.2, -0.15) is 0 Å². The molecule has 2 N–H and O–H groups in total. The Hall–Kier alpha value is -1.95. The van der Waals surface area contributed by atoms with Crippen LogP contribution in [0.25, 0.3) is 0 Å². The molecule has 0 saturated carbocycles. The van der Waals surface area contributed by atoms with Gasteiger partial charge in [-0.3, -0.25) is 20.4 Å². The van der Waals surface area contributed by atoms with Crippen LogP contribution in [-0.4, -0.2) is 24.5 Å². The molecule has 0 radical (unpaired) electrons.